The zero-order valence-corrected chi connectivity index (χ0v) is 26.8. The lowest BCUT2D eigenvalue weighted by Gasteiger charge is -2.39. The highest BCUT2D eigenvalue weighted by Gasteiger charge is 2.30. The molecule has 0 spiro atoms. The maximum Gasteiger partial charge on any atom is 0.245 e. The molecule has 1 saturated heterocycles. The Morgan fingerprint density at radius 1 is 0.909 bits per heavy atom. The van der Waals surface area contributed by atoms with Gasteiger partial charge in [-0.15, -0.1) is 11.3 Å². The molecule has 1 N–H and O–H groups in total. The first-order valence-corrected chi connectivity index (χ1v) is 16.9. The van der Waals surface area contributed by atoms with E-state index in [9.17, 15) is 14.4 Å². The van der Waals surface area contributed by atoms with Crippen LogP contribution in [0.3, 0.4) is 0 Å². The molecule has 0 bridgehead atoms. The van der Waals surface area contributed by atoms with Gasteiger partial charge in [0, 0.05) is 44.0 Å². The molecule has 0 atom stereocenters. The van der Waals surface area contributed by atoms with E-state index in [1.54, 1.807) is 4.90 Å². The van der Waals surface area contributed by atoms with Gasteiger partial charge in [0.25, 0.3) is 0 Å². The smallest absolute Gasteiger partial charge is 0.245 e. The number of aromatic nitrogens is 1. The molecule has 9 heteroatoms. The van der Waals surface area contributed by atoms with Gasteiger partial charge >= 0.3 is 0 Å². The fraction of sp³-hybridized carbons (Fsp3) is 0.486. The van der Waals surface area contributed by atoms with E-state index in [4.69, 9.17) is 0 Å². The number of piperazine rings is 1. The van der Waals surface area contributed by atoms with E-state index in [0.717, 1.165) is 38.8 Å². The van der Waals surface area contributed by atoms with E-state index in [1.807, 2.05) is 22.4 Å². The van der Waals surface area contributed by atoms with Crippen molar-refractivity contribution in [2.75, 3.05) is 44.6 Å². The highest BCUT2D eigenvalue weighted by atomic mass is 32.1. The second-order valence-electron chi connectivity index (χ2n) is 12.5. The highest BCUT2D eigenvalue weighted by Crippen LogP contribution is 2.30. The third-order valence-corrected chi connectivity index (χ3v) is 9.39. The molecule has 0 unspecified atom stereocenters. The number of amides is 3. The minimum absolute atomic E-state index is 0.0252. The number of hydrogen-bond donors (Lipinski definition) is 1. The van der Waals surface area contributed by atoms with Crippen molar-refractivity contribution in [1.29, 1.82) is 0 Å². The van der Waals surface area contributed by atoms with Gasteiger partial charge in [0.1, 0.15) is 0 Å². The van der Waals surface area contributed by atoms with Crippen molar-refractivity contribution >= 4 is 34.2 Å². The summed E-state index contributed by atoms with van der Waals surface area (Å²) in [5.41, 5.74) is 3.16. The van der Waals surface area contributed by atoms with Crippen molar-refractivity contribution in [2.45, 2.75) is 58.4 Å². The Morgan fingerprint density at radius 2 is 1.52 bits per heavy atom. The van der Waals surface area contributed by atoms with Gasteiger partial charge in [-0.3, -0.25) is 19.3 Å². The van der Waals surface area contributed by atoms with Crippen LogP contribution in [0.2, 0.25) is 0 Å². The third kappa shape index (κ3) is 8.54. The first-order valence-electron chi connectivity index (χ1n) is 16.0. The lowest BCUT2D eigenvalue weighted by atomic mass is 9.88. The molecule has 5 rings (SSSR count). The van der Waals surface area contributed by atoms with Crippen molar-refractivity contribution in [3.8, 4) is 0 Å². The predicted octanol–water partition coefficient (Wildman–Crippen LogP) is 5.62. The fourth-order valence-corrected chi connectivity index (χ4v) is 7.17. The highest BCUT2D eigenvalue weighted by molar-refractivity contribution is 7.13. The molecule has 2 aliphatic rings. The number of carbonyl (C=O) groups is 3. The quantitative estimate of drug-likeness (QED) is 0.303. The second kappa shape index (κ2) is 15.4. The number of rotatable bonds is 11. The zero-order chi connectivity index (χ0) is 30.9. The van der Waals surface area contributed by atoms with Crippen LogP contribution in [0.25, 0.3) is 0 Å². The van der Waals surface area contributed by atoms with E-state index in [0.29, 0.717) is 30.5 Å². The van der Waals surface area contributed by atoms with Crippen LogP contribution in [0.15, 0.2) is 66.0 Å². The number of thiazole rings is 1. The summed E-state index contributed by atoms with van der Waals surface area (Å²) in [4.78, 5) is 50.0. The van der Waals surface area contributed by atoms with Crippen molar-refractivity contribution in [2.24, 2.45) is 11.8 Å². The van der Waals surface area contributed by atoms with Gasteiger partial charge in [-0.2, -0.15) is 0 Å². The van der Waals surface area contributed by atoms with Crippen LogP contribution in [0.1, 0.15) is 68.8 Å². The van der Waals surface area contributed by atoms with Crippen molar-refractivity contribution in [1.82, 2.24) is 19.7 Å². The van der Waals surface area contributed by atoms with Crippen LogP contribution in [0.5, 0.6) is 0 Å². The molecule has 2 heterocycles. The maximum atomic E-state index is 13.2. The summed E-state index contributed by atoms with van der Waals surface area (Å²) in [5, 5.41) is 5.17. The minimum atomic E-state index is -0.246. The molecule has 44 heavy (non-hydrogen) atoms. The second-order valence-corrected chi connectivity index (χ2v) is 13.3. The largest absolute Gasteiger partial charge is 0.340 e. The summed E-state index contributed by atoms with van der Waals surface area (Å²) < 4.78 is 0. The van der Waals surface area contributed by atoms with Crippen molar-refractivity contribution < 1.29 is 14.4 Å². The number of nitrogens with zero attached hydrogens (tertiary/aromatic N) is 4. The summed E-state index contributed by atoms with van der Waals surface area (Å²) in [6.07, 6.45) is 5.37. The lowest BCUT2D eigenvalue weighted by Crippen LogP contribution is -2.50. The van der Waals surface area contributed by atoms with E-state index in [-0.39, 0.29) is 48.6 Å². The molecule has 234 valence electrons. The molecule has 2 fully saturated rings. The molecular weight excluding hydrogens is 570 g/mol. The molecule has 2 aromatic carbocycles. The monoisotopic (exact) mass is 615 g/mol. The number of benzene rings is 2. The van der Waals surface area contributed by atoms with Gasteiger partial charge in [-0.25, -0.2) is 4.98 Å². The Balaban J connectivity index is 1.13. The fourth-order valence-electron chi connectivity index (χ4n) is 6.44. The average Bonchev–Trinajstić information content (AvgIpc) is 3.48. The molecule has 0 radical (unpaired) electrons. The van der Waals surface area contributed by atoms with E-state index in [1.165, 1.54) is 28.9 Å². The van der Waals surface area contributed by atoms with Crippen LogP contribution in [-0.4, -0.2) is 76.7 Å². The Morgan fingerprint density at radius 3 is 2.11 bits per heavy atom. The number of carbonyl (C=O) groups excluding carboxylic acids is 3. The van der Waals surface area contributed by atoms with E-state index >= 15 is 0 Å². The molecule has 3 amide bonds. The van der Waals surface area contributed by atoms with Crippen LogP contribution < -0.4 is 5.32 Å². The Kier molecular flexibility index (Phi) is 11.2. The summed E-state index contributed by atoms with van der Waals surface area (Å²) in [7, 11) is 0. The van der Waals surface area contributed by atoms with E-state index < -0.39 is 0 Å². The number of anilines is 1. The first-order chi connectivity index (χ1) is 21.4. The van der Waals surface area contributed by atoms with Crippen LogP contribution in [0, 0.1) is 11.8 Å². The van der Waals surface area contributed by atoms with Gasteiger partial charge in [-0.05, 0) is 29.9 Å². The van der Waals surface area contributed by atoms with Crippen molar-refractivity contribution in [3.63, 3.8) is 0 Å². The first kappa shape index (κ1) is 31.9. The maximum absolute atomic E-state index is 13.2. The van der Waals surface area contributed by atoms with Crippen molar-refractivity contribution in [3.05, 3.63) is 82.9 Å². The summed E-state index contributed by atoms with van der Waals surface area (Å²) in [6.45, 7) is 7.59. The summed E-state index contributed by atoms with van der Waals surface area (Å²) in [5.74, 6) is 0.196. The summed E-state index contributed by atoms with van der Waals surface area (Å²) in [6, 6.07) is 21.2. The number of nitrogens with one attached hydrogen (secondary N) is 1. The van der Waals surface area contributed by atoms with Gasteiger partial charge in [0.2, 0.25) is 17.7 Å². The topological polar surface area (TPSA) is 85.8 Å². The minimum Gasteiger partial charge on any atom is -0.340 e. The zero-order valence-electron chi connectivity index (χ0n) is 26.0. The van der Waals surface area contributed by atoms with Gasteiger partial charge in [0.05, 0.1) is 24.7 Å². The van der Waals surface area contributed by atoms with Gasteiger partial charge in [0.15, 0.2) is 5.13 Å². The molecule has 8 nitrogen and oxygen atoms in total. The Hall–Kier alpha value is -3.56. The molecule has 1 saturated carbocycles. The standard InChI is InChI=1S/C35H45N5O3S/c1-26(2)23-40(34(43)29-16-10-5-11-17-29)24-31(41)37-35-36-30(25-44-35)22-32(42)38-18-20-39(21-19-38)33(27-12-6-3-7-13-27)28-14-8-4-9-15-28/h3-4,6-9,12-15,25-26,29,33H,5,10-11,16-24H2,1-2H3,(H,36,37,41). The summed E-state index contributed by atoms with van der Waals surface area (Å²) >= 11 is 1.32. The lowest BCUT2D eigenvalue weighted by molar-refractivity contribution is -0.139. The SMILES string of the molecule is CC(C)CN(CC(=O)Nc1nc(CC(=O)N2CCN(C(c3ccccc3)c3ccccc3)CC2)cs1)C(=O)C1CCCCC1. The van der Waals surface area contributed by atoms with E-state index in [2.05, 4.69) is 77.6 Å². The molecule has 1 aliphatic heterocycles. The van der Waals surface area contributed by atoms with Crippen LogP contribution >= 0.6 is 11.3 Å². The normalized spacial score (nSPS) is 16.3. The Bertz CT molecular complexity index is 1330. The van der Waals surface area contributed by atoms with Gasteiger partial charge < -0.3 is 15.1 Å². The third-order valence-electron chi connectivity index (χ3n) is 8.58. The average molecular weight is 616 g/mol. The van der Waals surface area contributed by atoms with Crippen LogP contribution in [-0.2, 0) is 20.8 Å². The predicted molar refractivity (Wildman–Crippen MR) is 175 cm³/mol. The van der Waals surface area contributed by atoms with Crippen LogP contribution in [0.4, 0.5) is 5.13 Å². The molecule has 1 aromatic heterocycles. The molecule has 1 aliphatic carbocycles. The Labute approximate surface area is 265 Å². The number of hydrogen-bond acceptors (Lipinski definition) is 6. The molecule has 3 aromatic rings. The molecular formula is C35H45N5O3S. The van der Waals surface area contributed by atoms with Gasteiger partial charge in [-0.1, -0.05) is 93.8 Å².